The lowest BCUT2D eigenvalue weighted by Gasteiger charge is -2.41. The summed E-state index contributed by atoms with van der Waals surface area (Å²) in [5.74, 6) is 0.221. The number of aliphatic hydroxyl groups is 1. The predicted molar refractivity (Wildman–Crippen MR) is 219 cm³/mol. The maximum Gasteiger partial charge on any atom is 0.241 e. The van der Waals surface area contributed by atoms with Crippen LogP contribution in [-0.2, 0) is 43.9 Å². The largest absolute Gasteiger partial charge is 0.392 e. The fraction of sp³-hybridized carbons (Fsp3) is 0.250. The van der Waals surface area contributed by atoms with Gasteiger partial charge in [-0.25, -0.2) is 13.4 Å². The molecule has 1 aliphatic heterocycles. The number of aliphatic hydroxyl groups excluding tert-OH is 1. The highest BCUT2D eigenvalue weighted by molar-refractivity contribution is 7.99. The van der Waals surface area contributed by atoms with Gasteiger partial charge in [0.2, 0.25) is 15.9 Å². The molecule has 11 nitrogen and oxygen atoms in total. The van der Waals surface area contributed by atoms with E-state index in [4.69, 9.17) is 9.47 Å². The minimum absolute atomic E-state index is 0.0169. The van der Waals surface area contributed by atoms with Gasteiger partial charge in [0.15, 0.2) is 11.4 Å². The third kappa shape index (κ3) is 10.1. The van der Waals surface area contributed by atoms with Gasteiger partial charge in [-0.05, 0) is 58.9 Å². The first-order valence-electron chi connectivity index (χ1n) is 18.7. The number of hydrogen-bond acceptors (Lipinski definition) is 9. The number of carbonyl (C=O) groups is 1. The quantitative estimate of drug-likeness (QED) is 0.0799. The molecule has 0 bridgehead atoms. The van der Waals surface area contributed by atoms with Crippen molar-refractivity contribution in [3.63, 3.8) is 0 Å². The van der Waals surface area contributed by atoms with E-state index in [-0.39, 0.29) is 42.6 Å². The average Bonchev–Trinajstić information content (AvgIpc) is 3.77. The van der Waals surface area contributed by atoms with Gasteiger partial charge in [0, 0.05) is 23.8 Å². The van der Waals surface area contributed by atoms with Crippen molar-refractivity contribution in [1.82, 2.24) is 25.2 Å². The van der Waals surface area contributed by atoms with E-state index < -0.39 is 28.3 Å². The fourth-order valence-corrected chi connectivity index (χ4v) is 8.97. The summed E-state index contributed by atoms with van der Waals surface area (Å²) in [5.41, 5.74) is 7.18. The summed E-state index contributed by atoms with van der Waals surface area (Å²) in [6.07, 6.45) is 0.599. The number of thioether (sulfide) groups is 1. The van der Waals surface area contributed by atoms with E-state index in [9.17, 15) is 18.3 Å². The van der Waals surface area contributed by atoms with Gasteiger partial charge in [-0.3, -0.25) is 9.89 Å². The molecule has 2 heterocycles. The zero-order chi connectivity index (χ0) is 39.8. The van der Waals surface area contributed by atoms with Gasteiger partial charge in [0.1, 0.15) is 12.4 Å². The second-order valence-corrected chi connectivity index (χ2v) is 16.8. The standard InChI is InChI=1S/C44H45N5O6S2/c1-29-12-22-37(23-13-29)57(52,53)49-39(24-31-8-4-3-5-9-31)42(51)45-25-36-10-6-7-11-38(36)33-18-20-35(21-19-33)43-54-40(27-56-44-46-28-47-48-44)30(2)41(55-43)34-16-14-32(26-50)15-17-34/h3-23,28,30,39-41,43,49-50H,24-27H2,1-2H3,(H,45,51)(H,46,47,48)/t30-,39-,40+,41+,43+/m1/s1. The lowest BCUT2D eigenvalue weighted by atomic mass is 9.91. The first-order chi connectivity index (χ1) is 27.7. The Balaban J connectivity index is 1.08. The van der Waals surface area contributed by atoms with Gasteiger partial charge >= 0.3 is 0 Å². The molecule has 0 saturated carbocycles. The third-order valence-electron chi connectivity index (χ3n) is 10.1. The van der Waals surface area contributed by atoms with Crippen LogP contribution in [0.4, 0.5) is 0 Å². The normalized spacial score (nSPS) is 18.9. The number of rotatable bonds is 15. The van der Waals surface area contributed by atoms with Crippen molar-refractivity contribution >= 4 is 27.7 Å². The molecule has 57 heavy (non-hydrogen) atoms. The Morgan fingerprint density at radius 2 is 1.56 bits per heavy atom. The van der Waals surface area contributed by atoms with Gasteiger partial charge in [0.25, 0.3) is 0 Å². The SMILES string of the molecule is Cc1ccc(S(=O)(=O)N[C@H](Cc2ccccc2)C(=O)NCc2ccccc2-c2ccc([C@H]3O[C@@H](CSc4ncn[nH]4)[C@@H](C)[C@@H](c4ccc(CO)cc4)O3)cc2)cc1. The highest BCUT2D eigenvalue weighted by Gasteiger charge is 2.38. The molecule has 1 saturated heterocycles. The average molecular weight is 804 g/mol. The summed E-state index contributed by atoms with van der Waals surface area (Å²) in [7, 11) is -3.98. The first kappa shape index (κ1) is 40.1. The number of carbonyl (C=O) groups excluding carboxylic acids is 1. The Kier molecular flexibility index (Phi) is 12.9. The van der Waals surface area contributed by atoms with Crippen LogP contribution in [0.5, 0.6) is 0 Å². The van der Waals surface area contributed by atoms with Crippen LogP contribution in [0.2, 0.25) is 0 Å². The minimum Gasteiger partial charge on any atom is -0.392 e. The number of H-pyrrole nitrogens is 1. The molecule has 0 aliphatic carbocycles. The summed E-state index contributed by atoms with van der Waals surface area (Å²) in [6.45, 7) is 4.16. The summed E-state index contributed by atoms with van der Waals surface area (Å²) in [6, 6.07) is 38.5. The number of benzene rings is 5. The summed E-state index contributed by atoms with van der Waals surface area (Å²) in [5, 5.41) is 20.2. The molecule has 294 valence electrons. The van der Waals surface area contributed by atoms with Crippen LogP contribution in [0.15, 0.2) is 144 Å². The fourth-order valence-electron chi connectivity index (χ4n) is 6.83. The van der Waals surface area contributed by atoms with Crippen LogP contribution < -0.4 is 10.0 Å². The Morgan fingerprint density at radius 3 is 2.26 bits per heavy atom. The molecule has 5 aromatic carbocycles. The Hall–Kier alpha value is -5.15. The predicted octanol–water partition coefficient (Wildman–Crippen LogP) is 7.06. The molecule has 0 spiro atoms. The summed E-state index contributed by atoms with van der Waals surface area (Å²) < 4.78 is 42.7. The van der Waals surface area contributed by atoms with Crippen LogP contribution in [0.3, 0.4) is 0 Å². The lowest BCUT2D eigenvalue weighted by molar-refractivity contribution is -0.268. The topological polar surface area (TPSA) is 156 Å². The molecule has 13 heteroatoms. The van der Waals surface area contributed by atoms with E-state index in [1.54, 1.807) is 23.9 Å². The number of hydrogen-bond donors (Lipinski definition) is 4. The van der Waals surface area contributed by atoms with Crippen molar-refractivity contribution in [2.75, 3.05) is 5.75 Å². The van der Waals surface area contributed by atoms with Crippen molar-refractivity contribution in [3.8, 4) is 11.1 Å². The van der Waals surface area contributed by atoms with Gasteiger partial charge in [-0.1, -0.05) is 140 Å². The van der Waals surface area contributed by atoms with E-state index >= 15 is 0 Å². The van der Waals surface area contributed by atoms with Gasteiger partial charge in [-0.15, -0.1) is 0 Å². The number of aryl methyl sites for hydroxylation is 1. The number of ether oxygens (including phenoxy) is 2. The van der Waals surface area contributed by atoms with Crippen LogP contribution in [0, 0.1) is 12.8 Å². The number of nitrogens with zero attached hydrogens (tertiary/aromatic N) is 2. The minimum atomic E-state index is -3.98. The smallest absolute Gasteiger partial charge is 0.241 e. The lowest BCUT2D eigenvalue weighted by Crippen LogP contribution is -2.47. The van der Waals surface area contributed by atoms with Crippen LogP contribution in [0.25, 0.3) is 11.1 Å². The van der Waals surface area contributed by atoms with Crippen LogP contribution in [-0.4, -0.2) is 52.5 Å². The zero-order valence-corrected chi connectivity index (χ0v) is 33.2. The maximum absolute atomic E-state index is 13.8. The van der Waals surface area contributed by atoms with E-state index in [1.807, 2.05) is 110 Å². The Labute approximate surface area is 337 Å². The highest BCUT2D eigenvalue weighted by Crippen LogP contribution is 2.43. The van der Waals surface area contributed by atoms with Gasteiger partial charge < -0.3 is 19.9 Å². The van der Waals surface area contributed by atoms with Crippen molar-refractivity contribution in [2.24, 2.45) is 5.92 Å². The van der Waals surface area contributed by atoms with Crippen molar-refractivity contribution in [1.29, 1.82) is 0 Å². The summed E-state index contributed by atoms with van der Waals surface area (Å²) in [4.78, 5) is 18.1. The van der Waals surface area contributed by atoms with Crippen LogP contribution >= 0.6 is 11.8 Å². The summed E-state index contributed by atoms with van der Waals surface area (Å²) >= 11 is 1.54. The molecule has 1 aromatic heterocycles. The number of nitrogens with one attached hydrogen (secondary N) is 3. The number of sulfonamides is 1. The van der Waals surface area contributed by atoms with Crippen molar-refractivity contribution in [3.05, 3.63) is 167 Å². The molecule has 5 atom stereocenters. The Bertz CT molecular complexity index is 2330. The molecule has 4 N–H and O–H groups in total. The maximum atomic E-state index is 13.8. The van der Waals surface area contributed by atoms with E-state index in [0.717, 1.165) is 44.5 Å². The van der Waals surface area contributed by atoms with E-state index in [2.05, 4.69) is 32.1 Å². The molecule has 1 amide bonds. The molecule has 0 radical (unpaired) electrons. The highest BCUT2D eigenvalue weighted by atomic mass is 32.2. The number of amides is 1. The van der Waals surface area contributed by atoms with Gasteiger partial charge in [-0.2, -0.15) is 9.82 Å². The number of aromatic amines is 1. The number of aromatic nitrogens is 3. The molecule has 0 unspecified atom stereocenters. The zero-order valence-electron chi connectivity index (χ0n) is 31.6. The molecule has 1 fully saturated rings. The molecular weight excluding hydrogens is 759 g/mol. The van der Waals surface area contributed by atoms with Crippen LogP contribution in [0.1, 0.15) is 52.7 Å². The first-order valence-corrected chi connectivity index (χ1v) is 21.2. The molecule has 7 rings (SSSR count). The molecule has 1 aliphatic rings. The third-order valence-corrected chi connectivity index (χ3v) is 12.5. The Morgan fingerprint density at radius 1 is 0.860 bits per heavy atom. The van der Waals surface area contributed by atoms with Gasteiger partial charge in [0.05, 0.1) is 23.7 Å². The monoisotopic (exact) mass is 803 g/mol. The molecular formula is C44H45N5O6S2. The second-order valence-electron chi connectivity index (χ2n) is 14.1. The molecule has 6 aromatic rings. The second kappa shape index (κ2) is 18.4. The van der Waals surface area contributed by atoms with Crippen molar-refractivity contribution < 1.29 is 27.8 Å². The van der Waals surface area contributed by atoms with E-state index in [1.165, 1.54) is 18.5 Å². The van der Waals surface area contributed by atoms with E-state index in [0.29, 0.717) is 10.9 Å². The van der Waals surface area contributed by atoms with Crippen molar-refractivity contribution in [2.45, 2.75) is 68.0 Å².